The second-order valence-corrected chi connectivity index (χ2v) is 7.47. The van der Waals surface area contributed by atoms with Crippen LogP contribution in [0.5, 0.6) is 23.0 Å². The molecule has 1 heterocycles. The highest BCUT2D eigenvalue weighted by Gasteiger charge is 2.35. The molecule has 1 aliphatic heterocycles. The molecule has 0 fully saturated rings. The van der Waals surface area contributed by atoms with Gasteiger partial charge in [-0.05, 0) is 63.2 Å². The average Bonchev–Trinajstić information content (AvgIpc) is 2.67. The highest BCUT2D eigenvalue weighted by atomic mass is 16.5. The number of amides is 1. The van der Waals surface area contributed by atoms with Crippen molar-refractivity contribution in [1.29, 1.82) is 0 Å². The third-order valence-electron chi connectivity index (χ3n) is 4.73. The lowest BCUT2D eigenvalue weighted by molar-refractivity contribution is -0.128. The standard InChI is InChI=1S/C22H27NO5/c1-14(27-16-8-6-15(25-4)7-9-16)21(24)23-19-13-22(2,3)28-20-11-10-17(26-5)12-18(19)20/h6-12,14,19H,13H2,1-5H3,(H,23,24)/t14-,19-/m0/s1. The highest BCUT2D eigenvalue weighted by molar-refractivity contribution is 5.81. The third kappa shape index (κ3) is 4.50. The Bertz CT molecular complexity index is 831. The second-order valence-electron chi connectivity index (χ2n) is 7.47. The molecule has 6 nitrogen and oxygen atoms in total. The topological polar surface area (TPSA) is 66.0 Å². The molecular weight excluding hydrogens is 358 g/mol. The zero-order valence-corrected chi connectivity index (χ0v) is 16.9. The first-order valence-electron chi connectivity index (χ1n) is 9.29. The SMILES string of the molecule is COc1ccc(O[C@@H](C)C(=O)N[C@H]2CC(C)(C)Oc3ccc(OC)cc32)cc1. The number of nitrogens with one attached hydrogen (secondary N) is 1. The van der Waals surface area contributed by atoms with E-state index >= 15 is 0 Å². The molecule has 0 saturated heterocycles. The number of carbonyl (C=O) groups excluding carboxylic acids is 1. The minimum atomic E-state index is -0.645. The van der Waals surface area contributed by atoms with Gasteiger partial charge in [0, 0.05) is 12.0 Å². The molecule has 0 aliphatic carbocycles. The van der Waals surface area contributed by atoms with Crippen molar-refractivity contribution in [2.24, 2.45) is 0 Å². The molecule has 2 aromatic carbocycles. The second kappa shape index (κ2) is 8.00. The van der Waals surface area contributed by atoms with Crippen molar-refractivity contribution in [3.05, 3.63) is 48.0 Å². The van der Waals surface area contributed by atoms with Gasteiger partial charge >= 0.3 is 0 Å². The molecule has 2 aromatic rings. The molecule has 0 spiro atoms. The van der Waals surface area contributed by atoms with Crippen molar-refractivity contribution in [3.63, 3.8) is 0 Å². The monoisotopic (exact) mass is 385 g/mol. The molecule has 1 amide bonds. The lowest BCUT2D eigenvalue weighted by Crippen LogP contribution is -2.44. The van der Waals surface area contributed by atoms with E-state index in [4.69, 9.17) is 18.9 Å². The van der Waals surface area contributed by atoms with E-state index in [-0.39, 0.29) is 17.6 Å². The van der Waals surface area contributed by atoms with Crippen LogP contribution in [0.25, 0.3) is 0 Å². The Morgan fingerprint density at radius 1 is 1.07 bits per heavy atom. The zero-order valence-electron chi connectivity index (χ0n) is 16.9. The van der Waals surface area contributed by atoms with Crippen molar-refractivity contribution in [2.75, 3.05) is 14.2 Å². The van der Waals surface area contributed by atoms with Crippen LogP contribution in [0.1, 0.15) is 38.8 Å². The smallest absolute Gasteiger partial charge is 0.261 e. The van der Waals surface area contributed by atoms with Crippen molar-refractivity contribution >= 4 is 5.91 Å². The third-order valence-corrected chi connectivity index (χ3v) is 4.73. The van der Waals surface area contributed by atoms with Gasteiger partial charge in [0.2, 0.25) is 0 Å². The first-order valence-corrected chi connectivity index (χ1v) is 9.29. The Kier molecular flexibility index (Phi) is 5.68. The van der Waals surface area contributed by atoms with E-state index in [9.17, 15) is 4.79 Å². The molecule has 1 N–H and O–H groups in total. The minimum absolute atomic E-state index is 0.188. The number of ether oxygens (including phenoxy) is 4. The van der Waals surface area contributed by atoms with E-state index in [1.807, 2.05) is 32.0 Å². The summed E-state index contributed by atoms with van der Waals surface area (Å²) in [6, 6.07) is 12.6. The van der Waals surface area contributed by atoms with Crippen LogP contribution in [0.2, 0.25) is 0 Å². The maximum absolute atomic E-state index is 12.8. The van der Waals surface area contributed by atoms with Crippen molar-refractivity contribution in [3.8, 4) is 23.0 Å². The van der Waals surface area contributed by atoms with E-state index in [0.29, 0.717) is 12.2 Å². The largest absolute Gasteiger partial charge is 0.497 e. The van der Waals surface area contributed by atoms with Crippen LogP contribution in [0, 0.1) is 0 Å². The fourth-order valence-electron chi connectivity index (χ4n) is 3.29. The minimum Gasteiger partial charge on any atom is -0.497 e. The van der Waals surface area contributed by atoms with E-state index in [1.165, 1.54) is 0 Å². The van der Waals surface area contributed by atoms with Gasteiger partial charge in [0.1, 0.15) is 28.6 Å². The Morgan fingerprint density at radius 2 is 1.68 bits per heavy atom. The number of fused-ring (bicyclic) bond motifs is 1. The number of rotatable bonds is 6. The summed E-state index contributed by atoms with van der Waals surface area (Å²) in [6.07, 6.45) is 0.00200. The Labute approximate surface area is 165 Å². The van der Waals surface area contributed by atoms with Gasteiger partial charge in [-0.25, -0.2) is 0 Å². The molecule has 3 rings (SSSR count). The van der Waals surface area contributed by atoms with Gasteiger partial charge in [0.15, 0.2) is 6.10 Å². The number of carbonyl (C=O) groups is 1. The number of methoxy groups -OCH3 is 2. The predicted octanol–water partition coefficient (Wildman–Crippen LogP) is 3.89. The molecule has 2 atom stereocenters. The van der Waals surface area contributed by atoms with Crippen LogP contribution in [0.15, 0.2) is 42.5 Å². The van der Waals surface area contributed by atoms with Crippen LogP contribution in [0.4, 0.5) is 0 Å². The van der Waals surface area contributed by atoms with E-state index < -0.39 is 6.10 Å². The molecule has 0 aromatic heterocycles. The quantitative estimate of drug-likeness (QED) is 0.817. The Hall–Kier alpha value is -2.89. The van der Waals surface area contributed by atoms with E-state index in [1.54, 1.807) is 45.4 Å². The summed E-state index contributed by atoms with van der Waals surface area (Å²) in [4.78, 5) is 12.8. The van der Waals surface area contributed by atoms with Gasteiger partial charge in [-0.2, -0.15) is 0 Å². The van der Waals surface area contributed by atoms with Crippen LogP contribution in [-0.2, 0) is 4.79 Å². The molecule has 28 heavy (non-hydrogen) atoms. The van der Waals surface area contributed by atoms with E-state index in [0.717, 1.165) is 22.8 Å². The van der Waals surface area contributed by atoms with Gasteiger partial charge in [0.05, 0.1) is 20.3 Å². The summed E-state index contributed by atoms with van der Waals surface area (Å²) in [7, 11) is 3.22. The fourth-order valence-corrected chi connectivity index (χ4v) is 3.29. The number of hydrogen-bond donors (Lipinski definition) is 1. The van der Waals surface area contributed by atoms with Gasteiger partial charge in [0.25, 0.3) is 5.91 Å². The molecule has 0 bridgehead atoms. The summed E-state index contributed by atoms with van der Waals surface area (Å²) < 4.78 is 22.3. The summed E-state index contributed by atoms with van der Waals surface area (Å²) in [5.41, 5.74) is 0.517. The molecule has 1 aliphatic rings. The van der Waals surface area contributed by atoms with Crippen LogP contribution >= 0.6 is 0 Å². The zero-order chi connectivity index (χ0) is 20.3. The van der Waals surface area contributed by atoms with Crippen LogP contribution < -0.4 is 24.3 Å². The van der Waals surface area contributed by atoms with Crippen molar-refractivity contribution < 1.29 is 23.7 Å². The normalized spacial score (nSPS) is 18.2. The van der Waals surface area contributed by atoms with Gasteiger partial charge in [-0.1, -0.05) is 0 Å². The lowest BCUT2D eigenvalue weighted by atomic mass is 9.89. The summed E-state index contributed by atoms with van der Waals surface area (Å²) in [5, 5.41) is 3.10. The summed E-state index contributed by atoms with van der Waals surface area (Å²) in [5.74, 6) is 2.64. The molecule has 6 heteroatoms. The Morgan fingerprint density at radius 3 is 2.32 bits per heavy atom. The first kappa shape index (κ1) is 19.9. The highest BCUT2D eigenvalue weighted by Crippen LogP contribution is 2.41. The van der Waals surface area contributed by atoms with Gasteiger partial charge in [-0.3, -0.25) is 4.79 Å². The van der Waals surface area contributed by atoms with Crippen LogP contribution in [0.3, 0.4) is 0 Å². The van der Waals surface area contributed by atoms with Gasteiger partial charge in [-0.15, -0.1) is 0 Å². The molecule has 0 radical (unpaired) electrons. The van der Waals surface area contributed by atoms with Crippen molar-refractivity contribution in [2.45, 2.75) is 44.9 Å². The predicted molar refractivity (Wildman–Crippen MR) is 106 cm³/mol. The molecule has 150 valence electrons. The summed E-state index contributed by atoms with van der Waals surface area (Å²) >= 11 is 0. The first-order chi connectivity index (χ1) is 13.3. The molecular formula is C22H27NO5. The molecule has 0 saturated carbocycles. The lowest BCUT2D eigenvalue weighted by Gasteiger charge is -2.38. The van der Waals surface area contributed by atoms with Crippen molar-refractivity contribution in [1.82, 2.24) is 5.32 Å². The maximum Gasteiger partial charge on any atom is 0.261 e. The van der Waals surface area contributed by atoms with E-state index in [2.05, 4.69) is 5.32 Å². The Balaban J connectivity index is 1.73. The number of hydrogen-bond acceptors (Lipinski definition) is 5. The fraction of sp³-hybridized carbons (Fsp3) is 0.409. The average molecular weight is 385 g/mol. The molecule has 0 unspecified atom stereocenters. The maximum atomic E-state index is 12.8. The summed E-state index contributed by atoms with van der Waals surface area (Å²) in [6.45, 7) is 5.75. The van der Waals surface area contributed by atoms with Crippen LogP contribution in [-0.4, -0.2) is 31.8 Å². The number of benzene rings is 2. The van der Waals surface area contributed by atoms with Gasteiger partial charge < -0.3 is 24.3 Å².